The van der Waals surface area contributed by atoms with E-state index in [0.29, 0.717) is 30.3 Å². The van der Waals surface area contributed by atoms with Gasteiger partial charge in [0.05, 0.1) is 33.9 Å². The summed E-state index contributed by atoms with van der Waals surface area (Å²) in [5, 5.41) is 9.57. The van der Waals surface area contributed by atoms with Gasteiger partial charge in [0.15, 0.2) is 6.10 Å². The molecule has 0 aromatic heterocycles. The van der Waals surface area contributed by atoms with Gasteiger partial charge >= 0.3 is 19.8 Å². The molecule has 0 bridgehead atoms. The van der Waals surface area contributed by atoms with E-state index >= 15 is 0 Å². The van der Waals surface area contributed by atoms with E-state index in [1.165, 1.54) is 0 Å². The van der Waals surface area contributed by atoms with E-state index < -0.39 is 32.5 Å². The molecule has 11 heteroatoms. The molecule has 10 nitrogen and oxygen atoms in total. The summed E-state index contributed by atoms with van der Waals surface area (Å²) in [7, 11) is 1.39. The maximum absolute atomic E-state index is 12.7. The van der Waals surface area contributed by atoms with Crippen molar-refractivity contribution in [2.24, 2.45) is 0 Å². The third-order valence-electron chi connectivity index (χ3n) is 8.57. The number of esters is 2. The number of allylic oxidation sites excluding steroid dienone is 14. The van der Waals surface area contributed by atoms with E-state index in [2.05, 4.69) is 85.9 Å². The van der Waals surface area contributed by atoms with Crippen LogP contribution in [0.15, 0.2) is 85.1 Å². The van der Waals surface area contributed by atoms with E-state index in [9.17, 15) is 24.2 Å². The first-order chi connectivity index (χ1) is 27.4. The molecule has 0 amide bonds. The van der Waals surface area contributed by atoms with Gasteiger partial charge in [-0.05, 0) is 89.9 Å². The van der Waals surface area contributed by atoms with Crippen LogP contribution in [0.5, 0.6) is 0 Å². The second-order valence-electron chi connectivity index (χ2n) is 15.1. The maximum atomic E-state index is 12.7. The molecule has 0 heterocycles. The van der Waals surface area contributed by atoms with Crippen molar-refractivity contribution in [1.82, 2.24) is 0 Å². The summed E-state index contributed by atoms with van der Waals surface area (Å²) in [6, 6.07) is 0. The highest BCUT2D eigenvalue weighted by Crippen LogP contribution is 2.43. The maximum Gasteiger partial charge on any atom is 0.472 e. The number of likely N-dealkylation sites (N-methyl/N-ethyl adjacent to an activating group) is 1. The van der Waals surface area contributed by atoms with E-state index in [0.717, 1.165) is 89.9 Å². The standard InChI is InChI=1S/C46H78NO9P/c1-6-8-9-10-11-12-13-14-15-19-22-25-28-31-34-37-45(49)53-41-44(42-55-57(51,52)54-40-39-47(3,4)5)56-46(50)38-35-32-29-26-23-20-17-16-18-21-24-27-30-33-36-43(48)7-2/h8-9,11-12,14-15,17-18,20-21,26-27,29-30,43-44,48H,6-7,10,13,16,19,22-25,28,31-42H2,1-5H3/p+1/b9-8-,12-11-,15-14-,20-17-,21-18-,29-26-,30-27-/t43-,44-/m1/s1. The van der Waals surface area contributed by atoms with Crippen LogP contribution < -0.4 is 0 Å². The molecule has 0 fully saturated rings. The first-order valence-electron chi connectivity index (χ1n) is 21.4. The molecular weight excluding hydrogens is 741 g/mol. The van der Waals surface area contributed by atoms with Gasteiger partial charge in [-0.1, -0.05) is 118 Å². The SMILES string of the molecule is CC/C=C\C/C=C\C/C=C\CCCCCCCC(=O)OC[C@H](COP(=O)(O)OCC[N+](C)(C)C)OC(=O)CCC/C=C\C/C=C\C/C=C\C/C=C\CC[C@H](O)CC. The number of aliphatic hydroxyl groups excluding tert-OH is 1. The summed E-state index contributed by atoms with van der Waals surface area (Å²) < 4.78 is 34.2. The lowest BCUT2D eigenvalue weighted by Gasteiger charge is -2.24. The van der Waals surface area contributed by atoms with Crippen LogP contribution in [-0.2, 0) is 32.7 Å². The molecule has 2 N–H and O–H groups in total. The van der Waals surface area contributed by atoms with Crippen molar-refractivity contribution in [2.45, 2.75) is 148 Å². The van der Waals surface area contributed by atoms with Crippen LogP contribution in [0.3, 0.4) is 0 Å². The number of carbonyl (C=O) groups is 2. The van der Waals surface area contributed by atoms with E-state index in [1.807, 2.05) is 34.1 Å². The van der Waals surface area contributed by atoms with Gasteiger partial charge in [0.2, 0.25) is 0 Å². The number of phosphoric acid groups is 1. The number of hydrogen-bond donors (Lipinski definition) is 2. The Balaban J connectivity index is 4.53. The van der Waals surface area contributed by atoms with Gasteiger partial charge < -0.3 is 24.0 Å². The Hall–Kier alpha value is -2.85. The number of nitrogens with zero attached hydrogens (tertiary/aromatic N) is 1. The van der Waals surface area contributed by atoms with Gasteiger partial charge in [-0.15, -0.1) is 0 Å². The topological polar surface area (TPSA) is 129 Å². The van der Waals surface area contributed by atoms with Crippen molar-refractivity contribution in [1.29, 1.82) is 0 Å². The monoisotopic (exact) mass is 821 g/mol. The average Bonchev–Trinajstić information content (AvgIpc) is 3.16. The fraction of sp³-hybridized carbons (Fsp3) is 0.652. The molecule has 0 saturated carbocycles. The van der Waals surface area contributed by atoms with Crippen LogP contribution in [0.4, 0.5) is 0 Å². The number of ether oxygens (including phenoxy) is 2. The van der Waals surface area contributed by atoms with Gasteiger partial charge in [-0.2, -0.15) is 0 Å². The third-order valence-corrected chi connectivity index (χ3v) is 9.56. The second kappa shape index (κ2) is 37.4. The minimum absolute atomic E-state index is 0.00742. The molecule has 0 saturated heterocycles. The van der Waals surface area contributed by atoms with E-state index in [4.69, 9.17) is 18.5 Å². The normalized spacial score (nSPS) is 15.0. The summed E-state index contributed by atoms with van der Waals surface area (Å²) in [5.74, 6) is -0.913. The summed E-state index contributed by atoms with van der Waals surface area (Å²) in [4.78, 5) is 35.3. The van der Waals surface area contributed by atoms with Crippen LogP contribution in [0, 0.1) is 0 Å². The van der Waals surface area contributed by atoms with E-state index in [1.54, 1.807) is 0 Å². The van der Waals surface area contributed by atoms with Gasteiger partial charge in [0, 0.05) is 12.8 Å². The minimum Gasteiger partial charge on any atom is -0.462 e. The summed E-state index contributed by atoms with van der Waals surface area (Å²) in [6.45, 7) is 3.90. The van der Waals surface area contributed by atoms with Crippen molar-refractivity contribution in [3.05, 3.63) is 85.1 Å². The zero-order chi connectivity index (χ0) is 42.3. The molecule has 0 aliphatic heterocycles. The summed E-state index contributed by atoms with van der Waals surface area (Å²) >= 11 is 0. The van der Waals surface area contributed by atoms with Crippen molar-refractivity contribution < 1.29 is 47.2 Å². The van der Waals surface area contributed by atoms with Crippen LogP contribution in [-0.4, -0.2) is 86.1 Å². The molecule has 0 aliphatic rings. The number of phosphoric ester groups is 1. The van der Waals surface area contributed by atoms with Crippen LogP contribution in [0.1, 0.15) is 136 Å². The summed E-state index contributed by atoms with van der Waals surface area (Å²) in [5.41, 5.74) is 0. The molecule has 0 aromatic rings. The second-order valence-corrected chi connectivity index (χ2v) is 16.6. The number of unbranched alkanes of at least 4 members (excludes halogenated alkanes) is 6. The Bertz CT molecular complexity index is 1260. The van der Waals surface area contributed by atoms with Crippen molar-refractivity contribution >= 4 is 19.8 Å². The molecular formula is C46H79NO9P+. The minimum atomic E-state index is -4.41. The summed E-state index contributed by atoms with van der Waals surface area (Å²) in [6.07, 6.45) is 44.4. The highest BCUT2D eigenvalue weighted by atomic mass is 31.2. The lowest BCUT2D eigenvalue weighted by molar-refractivity contribution is -0.870. The molecule has 0 rings (SSSR count). The number of aliphatic hydroxyl groups is 1. The highest BCUT2D eigenvalue weighted by Gasteiger charge is 2.27. The van der Waals surface area contributed by atoms with Crippen molar-refractivity contribution in [2.75, 3.05) is 47.5 Å². The Morgan fingerprint density at radius 1 is 0.614 bits per heavy atom. The highest BCUT2D eigenvalue weighted by molar-refractivity contribution is 7.47. The van der Waals surface area contributed by atoms with Gasteiger partial charge in [-0.25, -0.2) is 4.57 Å². The average molecular weight is 821 g/mol. The Labute approximate surface area is 346 Å². The lowest BCUT2D eigenvalue weighted by atomic mass is 10.1. The largest absolute Gasteiger partial charge is 0.472 e. The fourth-order valence-electron chi connectivity index (χ4n) is 5.06. The quantitative estimate of drug-likeness (QED) is 0.0207. The number of quaternary nitrogens is 1. The number of carbonyl (C=O) groups excluding carboxylic acids is 2. The molecule has 326 valence electrons. The van der Waals surface area contributed by atoms with Gasteiger partial charge in [0.1, 0.15) is 19.8 Å². The zero-order valence-corrected chi connectivity index (χ0v) is 37.0. The number of rotatable bonds is 37. The lowest BCUT2D eigenvalue weighted by Crippen LogP contribution is -2.37. The molecule has 0 aliphatic carbocycles. The molecule has 0 radical (unpaired) electrons. The molecule has 3 atom stereocenters. The van der Waals surface area contributed by atoms with Crippen LogP contribution in [0.2, 0.25) is 0 Å². The van der Waals surface area contributed by atoms with Crippen molar-refractivity contribution in [3.8, 4) is 0 Å². The first-order valence-corrected chi connectivity index (χ1v) is 22.9. The zero-order valence-electron chi connectivity index (χ0n) is 36.1. The Kier molecular flexibility index (Phi) is 35.6. The molecule has 1 unspecified atom stereocenters. The van der Waals surface area contributed by atoms with Crippen LogP contribution >= 0.6 is 7.82 Å². The molecule has 0 aromatic carbocycles. The smallest absolute Gasteiger partial charge is 0.462 e. The number of hydrogen-bond acceptors (Lipinski definition) is 8. The Morgan fingerprint density at radius 2 is 1.11 bits per heavy atom. The first kappa shape index (κ1) is 54.2. The third kappa shape index (κ3) is 41.1. The molecule has 0 spiro atoms. The molecule has 57 heavy (non-hydrogen) atoms. The fourth-order valence-corrected chi connectivity index (χ4v) is 5.80. The predicted molar refractivity (Wildman–Crippen MR) is 235 cm³/mol. The Morgan fingerprint density at radius 3 is 1.67 bits per heavy atom. The van der Waals surface area contributed by atoms with Crippen molar-refractivity contribution in [3.63, 3.8) is 0 Å². The van der Waals surface area contributed by atoms with Crippen LogP contribution in [0.25, 0.3) is 0 Å². The van der Waals surface area contributed by atoms with E-state index in [-0.39, 0.29) is 32.2 Å². The predicted octanol–water partition coefficient (Wildman–Crippen LogP) is 11.0. The van der Waals surface area contributed by atoms with Gasteiger partial charge in [0.25, 0.3) is 0 Å². The van der Waals surface area contributed by atoms with Gasteiger partial charge in [-0.3, -0.25) is 18.6 Å².